The molecule has 3 N–H and O–H groups in total. The number of hydrogen-bond donors (Lipinski definition) is 3. The van der Waals surface area contributed by atoms with Crippen LogP contribution in [0.4, 0.5) is 0 Å². The lowest BCUT2D eigenvalue weighted by Gasteiger charge is -2.24. The van der Waals surface area contributed by atoms with E-state index in [2.05, 4.69) is 0 Å². The first-order chi connectivity index (χ1) is 11.8. The van der Waals surface area contributed by atoms with Crippen molar-refractivity contribution in [2.24, 2.45) is 0 Å². The number of phenols is 2. The summed E-state index contributed by atoms with van der Waals surface area (Å²) in [6, 6.07) is 9.59. The second kappa shape index (κ2) is 6.26. The number of aliphatic hydroxyl groups is 1. The fraction of sp³-hybridized carbons (Fsp3) is 0.250. The van der Waals surface area contributed by atoms with Gasteiger partial charge in [-0.2, -0.15) is 0 Å². The zero-order chi connectivity index (χ0) is 18.2. The lowest BCUT2D eigenvalue weighted by Crippen LogP contribution is -2.39. The zero-order valence-corrected chi connectivity index (χ0v) is 14.1. The molecule has 0 bridgehead atoms. The smallest absolute Gasteiger partial charge is 0.189 e. The van der Waals surface area contributed by atoms with Gasteiger partial charge in [0.25, 0.3) is 0 Å². The molecule has 3 rings (SSSR count). The summed E-state index contributed by atoms with van der Waals surface area (Å²) >= 11 is 0. The molecule has 1 heterocycles. The van der Waals surface area contributed by atoms with Gasteiger partial charge in [-0.1, -0.05) is 18.2 Å². The van der Waals surface area contributed by atoms with Crippen molar-refractivity contribution in [1.82, 2.24) is 0 Å². The highest BCUT2D eigenvalue weighted by Gasteiger charge is 2.37. The van der Waals surface area contributed by atoms with E-state index in [4.69, 9.17) is 4.74 Å². The van der Waals surface area contributed by atoms with Crippen LogP contribution in [0, 0.1) is 0 Å². The molecule has 0 amide bonds. The molecule has 5 nitrogen and oxygen atoms in total. The third kappa shape index (κ3) is 3.51. The fourth-order valence-corrected chi connectivity index (χ4v) is 2.75. The van der Waals surface area contributed by atoms with E-state index < -0.39 is 11.7 Å². The van der Waals surface area contributed by atoms with Gasteiger partial charge in [-0.15, -0.1) is 0 Å². The maximum Gasteiger partial charge on any atom is 0.189 e. The number of hydrogen-bond acceptors (Lipinski definition) is 5. The molecule has 0 fully saturated rings. The fourth-order valence-electron chi connectivity index (χ4n) is 2.75. The Bertz CT molecular complexity index is 828. The first kappa shape index (κ1) is 17.0. The van der Waals surface area contributed by atoms with Crippen molar-refractivity contribution in [3.05, 3.63) is 59.2 Å². The van der Waals surface area contributed by atoms with Crippen LogP contribution >= 0.6 is 0 Å². The summed E-state index contributed by atoms with van der Waals surface area (Å²) in [5.41, 5.74) is 0.441. The lowest BCUT2D eigenvalue weighted by atomic mass is 9.95. The van der Waals surface area contributed by atoms with Crippen molar-refractivity contribution in [3.63, 3.8) is 0 Å². The van der Waals surface area contributed by atoms with Crippen molar-refractivity contribution in [3.8, 4) is 17.2 Å². The first-order valence-electron chi connectivity index (χ1n) is 8.01. The van der Waals surface area contributed by atoms with Crippen molar-refractivity contribution < 1.29 is 24.9 Å². The van der Waals surface area contributed by atoms with E-state index in [1.807, 2.05) is 0 Å². The number of carbonyl (C=O) groups is 1. The number of rotatable bonds is 4. The number of allylic oxidation sites excluding steroid dienone is 1. The standard InChI is InChI=1S/C20H20O5/c1-20(2,24)18-11-15-17(25-18)10-8-14(19(15)23)16(22)9-5-12-3-6-13(21)7-4-12/h3-10,18,21,23-24H,11H2,1-2H3/b9-5+. The van der Waals surface area contributed by atoms with E-state index in [0.717, 1.165) is 5.56 Å². The molecule has 0 spiro atoms. The Morgan fingerprint density at radius 3 is 2.48 bits per heavy atom. The van der Waals surface area contributed by atoms with E-state index in [1.54, 1.807) is 38.1 Å². The Kier molecular flexibility index (Phi) is 4.27. The van der Waals surface area contributed by atoms with Crippen LogP contribution in [0.15, 0.2) is 42.5 Å². The van der Waals surface area contributed by atoms with Gasteiger partial charge in [-0.25, -0.2) is 0 Å². The normalized spacial score (nSPS) is 16.7. The molecule has 0 aliphatic carbocycles. The van der Waals surface area contributed by atoms with E-state index in [-0.39, 0.29) is 22.8 Å². The largest absolute Gasteiger partial charge is 0.508 e. The molecule has 1 aliphatic heterocycles. The minimum Gasteiger partial charge on any atom is -0.508 e. The van der Waals surface area contributed by atoms with Gasteiger partial charge < -0.3 is 20.1 Å². The molecule has 0 radical (unpaired) electrons. The highest BCUT2D eigenvalue weighted by molar-refractivity contribution is 6.09. The van der Waals surface area contributed by atoms with Crippen LogP contribution in [0.3, 0.4) is 0 Å². The van der Waals surface area contributed by atoms with Gasteiger partial charge in [0.1, 0.15) is 23.4 Å². The first-order valence-corrected chi connectivity index (χ1v) is 8.01. The van der Waals surface area contributed by atoms with Gasteiger partial charge in [-0.05, 0) is 49.8 Å². The number of aromatic hydroxyl groups is 2. The van der Waals surface area contributed by atoms with E-state index in [9.17, 15) is 20.1 Å². The second-order valence-corrected chi connectivity index (χ2v) is 6.69. The van der Waals surface area contributed by atoms with Crippen molar-refractivity contribution >= 4 is 11.9 Å². The van der Waals surface area contributed by atoms with Gasteiger partial charge in [0.15, 0.2) is 5.78 Å². The maximum atomic E-state index is 12.4. The Morgan fingerprint density at radius 2 is 1.84 bits per heavy atom. The molecule has 2 aromatic carbocycles. The van der Waals surface area contributed by atoms with Crippen LogP contribution < -0.4 is 4.74 Å². The van der Waals surface area contributed by atoms with E-state index in [1.165, 1.54) is 24.3 Å². The maximum absolute atomic E-state index is 12.4. The molecule has 1 atom stereocenters. The number of ether oxygens (including phenoxy) is 1. The summed E-state index contributed by atoms with van der Waals surface area (Å²) in [4.78, 5) is 12.4. The van der Waals surface area contributed by atoms with Gasteiger partial charge in [-0.3, -0.25) is 4.79 Å². The van der Waals surface area contributed by atoms with Crippen molar-refractivity contribution in [2.45, 2.75) is 32.0 Å². The summed E-state index contributed by atoms with van der Waals surface area (Å²) < 4.78 is 5.66. The summed E-state index contributed by atoms with van der Waals surface area (Å²) in [5.74, 6) is 0.203. The van der Waals surface area contributed by atoms with E-state index >= 15 is 0 Å². The van der Waals surface area contributed by atoms with Crippen molar-refractivity contribution in [2.75, 3.05) is 0 Å². The molecule has 130 valence electrons. The number of benzene rings is 2. The van der Waals surface area contributed by atoms with Crippen LogP contribution in [-0.4, -0.2) is 32.8 Å². The minimum atomic E-state index is -1.05. The monoisotopic (exact) mass is 340 g/mol. The molecule has 5 heteroatoms. The molecule has 0 aromatic heterocycles. The summed E-state index contributed by atoms with van der Waals surface area (Å²) in [6.07, 6.45) is 2.86. The number of ketones is 1. The Balaban J connectivity index is 1.83. The van der Waals surface area contributed by atoms with Crippen LogP contribution in [0.1, 0.15) is 35.3 Å². The molecule has 1 unspecified atom stereocenters. The third-order valence-electron chi connectivity index (χ3n) is 4.27. The van der Waals surface area contributed by atoms with E-state index in [0.29, 0.717) is 17.7 Å². The lowest BCUT2D eigenvalue weighted by molar-refractivity contribution is -0.0229. The Morgan fingerprint density at radius 1 is 1.16 bits per heavy atom. The van der Waals surface area contributed by atoms with Crippen LogP contribution in [-0.2, 0) is 6.42 Å². The predicted octanol–water partition coefficient (Wildman–Crippen LogP) is 3.07. The second-order valence-electron chi connectivity index (χ2n) is 6.69. The Hall–Kier alpha value is -2.79. The number of fused-ring (bicyclic) bond motifs is 1. The average Bonchev–Trinajstić information content (AvgIpc) is 3.00. The number of phenolic OH excluding ortho intramolecular Hbond substituents is 2. The highest BCUT2D eigenvalue weighted by Crippen LogP contribution is 2.40. The van der Waals surface area contributed by atoms with Crippen LogP contribution in [0.5, 0.6) is 17.2 Å². The van der Waals surface area contributed by atoms with Crippen LogP contribution in [0.2, 0.25) is 0 Å². The molecule has 1 aliphatic rings. The quantitative estimate of drug-likeness (QED) is 0.588. The topological polar surface area (TPSA) is 87.0 Å². The molecule has 2 aromatic rings. The summed E-state index contributed by atoms with van der Waals surface area (Å²) in [5, 5.41) is 29.8. The summed E-state index contributed by atoms with van der Waals surface area (Å²) in [6.45, 7) is 3.29. The van der Waals surface area contributed by atoms with Gasteiger partial charge in [0.2, 0.25) is 0 Å². The molecule has 25 heavy (non-hydrogen) atoms. The Labute approximate surface area is 145 Å². The summed E-state index contributed by atoms with van der Waals surface area (Å²) in [7, 11) is 0. The molecule has 0 saturated heterocycles. The minimum absolute atomic E-state index is 0.107. The van der Waals surface area contributed by atoms with Gasteiger partial charge in [0, 0.05) is 12.0 Å². The number of carbonyl (C=O) groups excluding carboxylic acids is 1. The molecule has 0 saturated carbocycles. The average molecular weight is 340 g/mol. The molecular formula is C20H20O5. The van der Waals surface area contributed by atoms with Crippen LogP contribution in [0.25, 0.3) is 6.08 Å². The van der Waals surface area contributed by atoms with Gasteiger partial charge >= 0.3 is 0 Å². The predicted molar refractivity (Wildman–Crippen MR) is 94.0 cm³/mol. The highest BCUT2D eigenvalue weighted by atomic mass is 16.5. The molecular weight excluding hydrogens is 320 g/mol. The van der Waals surface area contributed by atoms with Gasteiger partial charge in [0.05, 0.1) is 11.2 Å². The zero-order valence-electron chi connectivity index (χ0n) is 14.1. The SMILES string of the molecule is CC(C)(O)C1Cc2c(ccc(C(=O)/C=C/c3ccc(O)cc3)c2O)O1. The van der Waals surface area contributed by atoms with Crippen molar-refractivity contribution in [1.29, 1.82) is 0 Å². The third-order valence-corrected chi connectivity index (χ3v) is 4.27.